The summed E-state index contributed by atoms with van der Waals surface area (Å²) in [6.07, 6.45) is 18.7. The Bertz CT molecular complexity index is 401. The largest absolute Gasteiger partial charge is 1.00 e. The number of unbranched alkanes of at least 4 members (excludes halogenated alkanes) is 12. The van der Waals surface area contributed by atoms with Gasteiger partial charge >= 0.3 is 0 Å². The molecule has 0 saturated heterocycles. The normalized spacial score (nSPS) is 10.9. The van der Waals surface area contributed by atoms with Gasteiger partial charge in [-0.05, 0) is 19.3 Å². The Morgan fingerprint density at radius 3 is 0.938 bits per heavy atom. The highest BCUT2D eigenvalue weighted by Gasteiger charge is 2.20. The minimum absolute atomic E-state index is 0. The van der Waals surface area contributed by atoms with E-state index in [0.29, 0.717) is 38.9 Å². The summed E-state index contributed by atoms with van der Waals surface area (Å²) in [6.45, 7) is 7.56. The first kappa shape index (κ1) is 33.4. The van der Waals surface area contributed by atoms with Gasteiger partial charge in [0, 0.05) is 19.3 Å². The summed E-state index contributed by atoms with van der Waals surface area (Å²) in [7, 11) is 0. The van der Waals surface area contributed by atoms with Gasteiger partial charge in [-0.25, -0.2) is 0 Å². The van der Waals surface area contributed by atoms with Crippen LogP contribution in [0.1, 0.15) is 136 Å². The van der Waals surface area contributed by atoms with Crippen LogP contribution in [-0.2, 0) is 14.4 Å². The van der Waals surface area contributed by atoms with Gasteiger partial charge < -0.3 is 17.3 Å². The van der Waals surface area contributed by atoms with Gasteiger partial charge in [-0.3, -0.25) is 14.4 Å². The molecule has 0 amide bonds. The Hall–Kier alpha value is -0.740. The SMILES string of the molecule is CCCCCCCC(=O)C[NH+](CC(=O)CCCCCCC)CC(=O)CCCCCCC.[Cl-]. The van der Waals surface area contributed by atoms with Crippen LogP contribution in [0.15, 0.2) is 0 Å². The summed E-state index contributed by atoms with van der Waals surface area (Å²) in [4.78, 5) is 38.3. The quantitative estimate of drug-likeness (QED) is 0.219. The van der Waals surface area contributed by atoms with Gasteiger partial charge in [0.05, 0.1) is 0 Å². The molecule has 0 aromatic carbocycles. The number of nitrogens with one attached hydrogen (secondary N) is 1. The molecule has 0 spiro atoms. The standard InChI is InChI=1S/C27H51NO3.ClH/c1-4-7-10-13-16-19-25(29)22-28(23-26(30)20-17-14-11-8-5-2)24-27(31)21-18-15-12-9-6-3;/h4-24H2,1-3H3;1H. The molecule has 0 rings (SSSR count). The number of quaternary nitrogens is 1. The van der Waals surface area contributed by atoms with E-state index < -0.39 is 0 Å². The third kappa shape index (κ3) is 22.5. The van der Waals surface area contributed by atoms with E-state index in [1.54, 1.807) is 0 Å². The molecule has 190 valence electrons. The molecule has 32 heavy (non-hydrogen) atoms. The van der Waals surface area contributed by atoms with Gasteiger partial charge in [0.25, 0.3) is 0 Å². The summed E-state index contributed by atoms with van der Waals surface area (Å²) in [6, 6.07) is 0. The van der Waals surface area contributed by atoms with Crippen LogP contribution in [0.2, 0.25) is 0 Å². The van der Waals surface area contributed by atoms with Crippen molar-refractivity contribution in [2.24, 2.45) is 0 Å². The van der Waals surface area contributed by atoms with Crippen molar-refractivity contribution in [1.29, 1.82) is 0 Å². The van der Waals surface area contributed by atoms with E-state index in [0.717, 1.165) is 43.4 Å². The lowest BCUT2D eigenvalue weighted by molar-refractivity contribution is -0.875. The Morgan fingerprint density at radius 2 is 0.688 bits per heavy atom. The Kier molecular flexibility index (Phi) is 26.0. The molecule has 0 fully saturated rings. The molecule has 0 radical (unpaired) electrons. The van der Waals surface area contributed by atoms with Gasteiger partial charge in [0.2, 0.25) is 0 Å². The number of rotatable bonds is 24. The Morgan fingerprint density at radius 1 is 0.438 bits per heavy atom. The van der Waals surface area contributed by atoms with Crippen molar-refractivity contribution >= 4 is 17.3 Å². The highest BCUT2D eigenvalue weighted by atomic mass is 35.5. The first-order valence-corrected chi connectivity index (χ1v) is 13.4. The molecule has 1 N–H and O–H groups in total. The molecule has 0 aliphatic rings. The maximum Gasteiger partial charge on any atom is 0.186 e. The van der Waals surface area contributed by atoms with Gasteiger partial charge in [-0.2, -0.15) is 0 Å². The zero-order chi connectivity index (χ0) is 23.2. The van der Waals surface area contributed by atoms with E-state index in [2.05, 4.69) is 20.8 Å². The second kappa shape index (κ2) is 24.9. The van der Waals surface area contributed by atoms with Crippen molar-refractivity contribution in [3.8, 4) is 0 Å². The number of Topliss-reactive ketones (excluding diaryl/α,β-unsaturated/α-hetero) is 3. The fourth-order valence-corrected chi connectivity index (χ4v) is 4.07. The lowest BCUT2D eigenvalue weighted by Crippen LogP contribution is -3.14. The predicted molar refractivity (Wildman–Crippen MR) is 131 cm³/mol. The molecule has 0 heterocycles. The van der Waals surface area contributed by atoms with E-state index in [-0.39, 0.29) is 29.8 Å². The summed E-state index contributed by atoms with van der Waals surface area (Å²) >= 11 is 0. The lowest BCUT2D eigenvalue weighted by atomic mass is 10.1. The zero-order valence-corrected chi connectivity index (χ0v) is 22.2. The summed E-state index contributed by atoms with van der Waals surface area (Å²) in [5.74, 6) is 0.619. The topological polar surface area (TPSA) is 55.6 Å². The first-order valence-electron chi connectivity index (χ1n) is 13.4. The molecule has 0 aromatic rings. The van der Waals surface area contributed by atoms with E-state index in [1.165, 1.54) is 57.8 Å². The van der Waals surface area contributed by atoms with Crippen molar-refractivity contribution < 1.29 is 31.7 Å². The summed E-state index contributed by atoms with van der Waals surface area (Å²) in [5.41, 5.74) is 0. The second-order valence-corrected chi connectivity index (χ2v) is 9.39. The average molecular weight is 474 g/mol. The Balaban J connectivity index is 0. The van der Waals surface area contributed by atoms with Gasteiger partial charge in [0.1, 0.15) is 19.6 Å². The second-order valence-electron chi connectivity index (χ2n) is 9.39. The monoisotopic (exact) mass is 473 g/mol. The van der Waals surface area contributed by atoms with Crippen LogP contribution in [-0.4, -0.2) is 37.0 Å². The van der Waals surface area contributed by atoms with Crippen LogP contribution in [0.3, 0.4) is 0 Å². The number of ketones is 3. The number of carbonyl (C=O) groups is 3. The number of halogens is 1. The van der Waals surface area contributed by atoms with Crippen molar-refractivity contribution in [2.75, 3.05) is 19.6 Å². The molecule has 0 saturated carbocycles. The number of hydrogen-bond acceptors (Lipinski definition) is 3. The molecule has 0 atom stereocenters. The zero-order valence-electron chi connectivity index (χ0n) is 21.5. The smallest absolute Gasteiger partial charge is 0.186 e. The van der Waals surface area contributed by atoms with Crippen LogP contribution in [0.5, 0.6) is 0 Å². The third-order valence-corrected chi connectivity index (χ3v) is 6.02. The van der Waals surface area contributed by atoms with Gasteiger partial charge in [-0.15, -0.1) is 0 Å². The first-order chi connectivity index (χ1) is 15.0. The van der Waals surface area contributed by atoms with E-state index in [4.69, 9.17) is 0 Å². The maximum atomic E-state index is 12.5. The highest BCUT2D eigenvalue weighted by molar-refractivity contribution is 5.83. The van der Waals surface area contributed by atoms with Crippen molar-refractivity contribution in [1.82, 2.24) is 0 Å². The van der Waals surface area contributed by atoms with Crippen LogP contribution >= 0.6 is 0 Å². The molecule has 5 heteroatoms. The van der Waals surface area contributed by atoms with E-state index >= 15 is 0 Å². The van der Waals surface area contributed by atoms with Crippen LogP contribution in [0.4, 0.5) is 0 Å². The number of carbonyl (C=O) groups excluding carboxylic acids is 3. The van der Waals surface area contributed by atoms with Crippen molar-refractivity contribution in [3.63, 3.8) is 0 Å². The third-order valence-electron chi connectivity index (χ3n) is 6.02. The summed E-state index contributed by atoms with van der Waals surface area (Å²) < 4.78 is 0. The van der Waals surface area contributed by atoms with Crippen LogP contribution < -0.4 is 17.3 Å². The molecule has 0 bridgehead atoms. The average Bonchev–Trinajstić information content (AvgIpc) is 2.73. The van der Waals surface area contributed by atoms with Crippen LogP contribution in [0, 0.1) is 0 Å². The minimum Gasteiger partial charge on any atom is -1.00 e. The van der Waals surface area contributed by atoms with E-state index in [9.17, 15) is 14.4 Å². The molecule has 0 aromatic heterocycles. The molecule has 4 nitrogen and oxygen atoms in total. The number of hydrogen-bond donors (Lipinski definition) is 1. The molecular formula is C27H52ClNO3. The molecule has 0 unspecified atom stereocenters. The molecule has 0 aliphatic heterocycles. The fourth-order valence-electron chi connectivity index (χ4n) is 4.07. The Labute approximate surface area is 205 Å². The lowest BCUT2D eigenvalue weighted by Gasteiger charge is -2.18. The van der Waals surface area contributed by atoms with Gasteiger partial charge in [-0.1, -0.05) is 97.8 Å². The van der Waals surface area contributed by atoms with Crippen molar-refractivity contribution in [2.45, 2.75) is 136 Å². The van der Waals surface area contributed by atoms with Crippen molar-refractivity contribution in [3.05, 3.63) is 0 Å². The highest BCUT2D eigenvalue weighted by Crippen LogP contribution is 2.07. The molecule has 0 aliphatic carbocycles. The van der Waals surface area contributed by atoms with Gasteiger partial charge in [0.15, 0.2) is 17.3 Å². The predicted octanol–water partition coefficient (Wildman–Crippen LogP) is 2.66. The maximum absolute atomic E-state index is 12.5. The fraction of sp³-hybridized carbons (Fsp3) is 0.889. The van der Waals surface area contributed by atoms with Crippen LogP contribution in [0.25, 0.3) is 0 Å². The minimum atomic E-state index is 0. The molecular weight excluding hydrogens is 422 g/mol. The summed E-state index contributed by atoms with van der Waals surface area (Å²) in [5, 5.41) is 0. The van der Waals surface area contributed by atoms with E-state index in [1.807, 2.05) is 0 Å².